The fraction of sp³-hybridized carbons (Fsp3) is 0.500. The van der Waals surface area contributed by atoms with Crippen LogP contribution in [0.4, 0.5) is 0 Å². The lowest BCUT2D eigenvalue weighted by Crippen LogP contribution is -2.37. The standard InChI is InChI=1S/C12H18N2O3S/c1-9(12(16)17)7-14(2)8-11(15)13-6-10-4-3-5-18-10/h3-5,9H,6-8H2,1-2H3,(H,13,15)(H,16,17). The number of amides is 1. The van der Waals surface area contributed by atoms with Gasteiger partial charge in [0.05, 0.1) is 19.0 Å². The van der Waals surface area contributed by atoms with Gasteiger partial charge in [0.2, 0.25) is 5.91 Å². The monoisotopic (exact) mass is 270 g/mol. The Morgan fingerprint density at radius 1 is 1.56 bits per heavy atom. The third kappa shape index (κ3) is 5.29. The molecule has 0 aromatic carbocycles. The first-order chi connectivity index (χ1) is 8.49. The number of likely N-dealkylation sites (N-methyl/N-ethyl adjacent to an activating group) is 1. The molecule has 2 N–H and O–H groups in total. The molecule has 6 heteroatoms. The van der Waals surface area contributed by atoms with E-state index in [-0.39, 0.29) is 12.5 Å². The van der Waals surface area contributed by atoms with Crippen molar-refractivity contribution in [1.29, 1.82) is 0 Å². The first kappa shape index (κ1) is 14.7. The fourth-order valence-corrected chi connectivity index (χ4v) is 2.15. The first-order valence-electron chi connectivity index (χ1n) is 5.69. The number of carbonyl (C=O) groups is 2. The SMILES string of the molecule is CC(CN(C)CC(=O)NCc1cccs1)C(=O)O. The van der Waals surface area contributed by atoms with E-state index in [4.69, 9.17) is 5.11 Å². The molecule has 0 aliphatic carbocycles. The molecule has 0 saturated carbocycles. The maximum atomic E-state index is 11.6. The molecule has 0 spiro atoms. The Kier molecular flexibility index (Phi) is 5.80. The van der Waals surface area contributed by atoms with Gasteiger partial charge in [-0.15, -0.1) is 11.3 Å². The van der Waals surface area contributed by atoms with Gasteiger partial charge in [-0.25, -0.2) is 0 Å². The molecule has 0 bridgehead atoms. The van der Waals surface area contributed by atoms with Crippen LogP contribution in [-0.2, 0) is 16.1 Å². The Labute approximate surface area is 110 Å². The highest BCUT2D eigenvalue weighted by molar-refractivity contribution is 7.09. The number of carboxylic acid groups (broad SMARTS) is 1. The number of carbonyl (C=O) groups excluding carboxylic acids is 1. The van der Waals surface area contributed by atoms with E-state index >= 15 is 0 Å². The Bertz CT molecular complexity index is 392. The van der Waals surface area contributed by atoms with Gasteiger partial charge in [-0.1, -0.05) is 13.0 Å². The van der Waals surface area contributed by atoms with E-state index in [0.717, 1.165) is 4.88 Å². The summed E-state index contributed by atoms with van der Waals surface area (Å²) < 4.78 is 0. The second kappa shape index (κ2) is 7.13. The number of carboxylic acids is 1. The van der Waals surface area contributed by atoms with E-state index in [2.05, 4.69) is 5.32 Å². The molecule has 1 unspecified atom stereocenters. The van der Waals surface area contributed by atoms with Gasteiger partial charge in [0.25, 0.3) is 0 Å². The van der Waals surface area contributed by atoms with Gasteiger partial charge < -0.3 is 10.4 Å². The molecule has 1 heterocycles. The van der Waals surface area contributed by atoms with E-state index in [1.165, 1.54) is 0 Å². The number of rotatable bonds is 7. The molecular weight excluding hydrogens is 252 g/mol. The summed E-state index contributed by atoms with van der Waals surface area (Å²) in [4.78, 5) is 25.1. The highest BCUT2D eigenvalue weighted by Gasteiger charge is 2.15. The zero-order valence-electron chi connectivity index (χ0n) is 10.5. The van der Waals surface area contributed by atoms with Gasteiger partial charge in [-0.05, 0) is 18.5 Å². The summed E-state index contributed by atoms with van der Waals surface area (Å²) in [6, 6.07) is 3.90. The fourth-order valence-electron chi connectivity index (χ4n) is 1.51. The summed E-state index contributed by atoms with van der Waals surface area (Å²) in [6.07, 6.45) is 0. The number of hydrogen-bond donors (Lipinski definition) is 2. The Hall–Kier alpha value is -1.40. The van der Waals surface area contributed by atoms with Gasteiger partial charge in [-0.2, -0.15) is 0 Å². The van der Waals surface area contributed by atoms with Crippen LogP contribution >= 0.6 is 11.3 Å². The molecule has 1 rings (SSSR count). The normalized spacial score (nSPS) is 12.4. The smallest absolute Gasteiger partial charge is 0.307 e. The molecule has 18 heavy (non-hydrogen) atoms. The lowest BCUT2D eigenvalue weighted by molar-refractivity contribution is -0.142. The number of nitrogens with one attached hydrogen (secondary N) is 1. The van der Waals surface area contributed by atoms with Crippen molar-refractivity contribution in [3.8, 4) is 0 Å². The summed E-state index contributed by atoms with van der Waals surface area (Å²) >= 11 is 1.59. The summed E-state index contributed by atoms with van der Waals surface area (Å²) in [5.41, 5.74) is 0. The maximum Gasteiger partial charge on any atom is 0.307 e. The van der Waals surface area contributed by atoms with Crippen molar-refractivity contribution in [2.24, 2.45) is 5.92 Å². The van der Waals surface area contributed by atoms with Crippen LogP contribution in [0.1, 0.15) is 11.8 Å². The largest absolute Gasteiger partial charge is 0.481 e. The van der Waals surface area contributed by atoms with Gasteiger partial charge >= 0.3 is 5.97 Å². The maximum absolute atomic E-state index is 11.6. The molecule has 5 nitrogen and oxygen atoms in total. The van der Waals surface area contributed by atoms with Crippen molar-refractivity contribution >= 4 is 23.2 Å². The molecule has 0 fully saturated rings. The van der Waals surface area contributed by atoms with Gasteiger partial charge in [-0.3, -0.25) is 14.5 Å². The second-order valence-electron chi connectivity index (χ2n) is 4.29. The number of nitrogens with zero attached hydrogens (tertiary/aromatic N) is 1. The van der Waals surface area contributed by atoms with Crippen LogP contribution in [0.15, 0.2) is 17.5 Å². The zero-order valence-corrected chi connectivity index (χ0v) is 11.4. The summed E-state index contributed by atoms with van der Waals surface area (Å²) in [6.45, 7) is 2.73. The Morgan fingerprint density at radius 2 is 2.28 bits per heavy atom. The van der Waals surface area contributed by atoms with Gasteiger partial charge in [0, 0.05) is 11.4 Å². The van der Waals surface area contributed by atoms with Crippen LogP contribution < -0.4 is 5.32 Å². The molecule has 1 atom stereocenters. The van der Waals surface area contributed by atoms with E-state index < -0.39 is 11.9 Å². The second-order valence-corrected chi connectivity index (χ2v) is 5.32. The molecule has 1 amide bonds. The average Bonchev–Trinajstić information content (AvgIpc) is 2.78. The molecule has 0 aliphatic heterocycles. The minimum absolute atomic E-state index is 0.0940. The summed E-state index contributed by atoms with van der Waals surface area (Å²) in [7, 11) is 1.74. The van der Waals surface area contributed by atoms with Crippen molar-refractivity contribution in [2.75, 3.05) is 20.1 Å². The zero-order chi connectivity index (χ0) is 13.5. The van der Waals surface area contributed by atoms with Crippen LogP contribution in [0, 0.1) is 5.92 Å². The number of hydrogen-bond acceptors (Lipinski definition) is 4. The van der Waals surface area contributed by atoms with Crippen LogP contribution in [0.3, 0.4) is 0 Å². The minimum Gasteiger partial charge on any atom is -0.481 e. The van der Waals surface area contributed by atoms with E-state index in [1.807, 2.05) is 17.5 Å². The van der Waals surface area contributed by atoms with Crippen molar-refractivity contribution in [1.82, 2.24) is 10.2 Å². The number of thiophene rings is 1. The average molecular weight is 270 g/mol. The lowest BCUT2D eigenvalue weighted by atomic mass is 10.2. The van der Waals surface area contributed by atoms with Crippen molar-refractivity contribution < 1.29 is 14.7 Å². The van der Waals surface area contributed by atoms with Crippen LogP contribution in [-0.4, -0.2) is 42.0 Å². The van der Waals surface area contributed by atoms with E-state index in [9.17, 15) is 9.59 Å². The third-order valence-corrected chi connectivity index (χ3v) is 3.34. The molecule has 100 valence electrons. The van der Waals surface area contributed by atoms with Crippen molar-refractivity contribution in [2.45, 2.75) is 13.5 Å². The Balaban J connectivity index is 2.25. The predicted molar refractivity (Wildman–Crippen MR) is 70.5 cm³/mol. The van der Waals surface area contributed by atoms with Gasteiger partial charge in [0.15, 0.2) is 0 Å². The van der Waals surface area contributed by atoms with Crippen LogP contribution in [0.2, 0.25) is 0 Å². The highest BCUT2D eigenvalue weighted by atomic mass is 32.1. The van der Waals surface area contributed by atoms with Crippen molar-refractivity contribution in [3.05, 3.63) is 22.4 Å². The topological polar surface area (TPSA) is 69.6 Å². The summed E-state index contributed by atoms with van der Waals surface area (Å²) in [5.74, 6) is -1.41. The lowest BCUT2D eigenvalue weighted by Gasteiger charge is -2.18. The summed E-state index contributed by atoms with van der Waals surface area (Å²) in [5, 5.41) is 13.5. The molecular formula is C12H18N2O3S. The van der Waals surface area contributed by atoms with E-state index in [0.29, 0.717) is 13.1 Å². The van der Waals surface area contributed by atoms with Crippen molar-refractivity contribution in [3.63, 3.8) is 0 Å². The van der Waals surface area contributed by atoms with Gasteiger partial charge in [0.1, 0.15) is 0 Å². The molecule has 0 saturated heterocycles. The number of aliphatic carboxylic acids is 1. The molecule has 0 radical (unpaired) electrons. The predicted octanol–water partition coefficient (Wildman–Crippen LogP) is 1.02. The molecule has 1 aromatic heterocycles. The van der Waals surface area contributed by atoms with E-state index in [1.54, 1.807) is 30.2 Å². The van der Waals surface area contributed by atoms with Crippen LogP contribution in [0.5, 0.6) is 0 Å². The van der Waals surface area contributed by atoms with Crippen LogP contribution in [0.25, 0.3) is 0 Å². The minimum atomic E-state index is -0.846. The molecule has 0 aliphatic rings. The Morgan fingerprint density at radius 3 is 2.83 bits per heavy atom. The highest BCUT2D eigenvalue weighted by Crippen LogP contribution is 2.07. The third-order valence-electron chi connectivity index (χ3n) is 2.46. The molecule has 1 aromatic rings. The quantitative estimate of drug-likeness (QED) is 0.776. The first-order valence-corrected chi connectivity index (χ1v) is 6.57.